The summed E-state index contributed by atoms with van der Waals surface area (Å²) in [4.78, 5) is 10.6. The Bertz CT molecular complexity index is 584. The highest BCUT2D eigenvalue weighted by atomic mass is 16.1. The van der Waals surface area contributed by atoms with Gasteiger partial charge in [-0.1, -0.05) is 30.3 Å². The average molecular weight is 195 g/mol. The largest absolute Gasteiger partial charge is 0.298 e. The summed E-state index contributed by atoms with van der Waals surface area (Å²) >= 11 is 0. The Labute approximate surface area is 89.5 Å². The standard InChI is InChI=1S/C14H9O.H2/c15-9-10-1-2-14-8-13(11-3-4-11)6-5-12(14)7-10;/h1-9H;1H. The van der Waals surface area contributed by atoms with E-state index in [0.717, 1.165) is 17.2 Å². The molecule has 0 bridgehead atoms. The zero-order valence-electron chi connectivity index (χ0n) is 8.10. The number of fused-ring (bicyclic) bond motifs is 1. The maximum atomic E-state index is 10.6. The van der Waals surface area contributed by atoms with E-state index in [1.807, 2.05) is 18.2 Å². The molecule has 2 aromatic rings. The Morgan fingerprint density at radius 2 is 1.73 bits per heavy atom. The molecule has 0 amide bonds. The molecule has 15 heavy (non-hydrogen) atoms. The summed E-state index contributed by atoms with van der Waals surface area (Å²) in [6, 6.07) is 12.1. The Kier molecular flexibility index (Phi) is 1.72. The lowest BCUT2D eigenvalue weighted by Crippen LogP contribution is -1.81. The summed E-state index contributed by atoms with van der Waals surface area (Å²) < 4.78 is 0. The van der Waals surface area contributed by atoms with Gasteiger partial charge in [0.15, 0.2) is 0 Å². The summed E-state index contributed by atoms with van der Waals surface area (Å²) in [5.74, 6) is 0. The smallest absolute Gasteiger partial charge is 0.150 e. The molecule has 1 heteroatoms. The van der Waals surface area contributed by atoms with Crippen LogP contribution < -0.4 is 0 Å². The predicted molar refractivity (Wildman–Crippen MR) is 63.7 cm³/mol. The van der Waals surface area contributed by atoms with E-state index in [1.165, 1.54) is 16.5 Å². The minimum atomic E-state index is 0. The second-order valence-electron chi connectivity index (χ2n) is 3.73. The first-order chi connectivity index (χ1) is 7.36. The van der Waals surface area contributed by atoms with Crippen LogP contribution in [0.3, 0.4) is 0 Å². The fourth-order valence-corrected chi connectivity index (χ4v) is 1.75. The van der Waals surface area contributed by atoms with Crippen molar-refractivity contribution < 1.29 is 6.22 Å². The van der Waals surface area contributed by atoms with Crippen LogP contribution in [0.5, 0.6) is 0 Å². The molecule has 73 valence electrons. The molecule has 1 nitrogen and oxygen atoms in total. The molecule has 0 aromatic heterocycles. The maximum absolute atomic E-state index is 10.6. The van der Waals surface area contributed by atoms with Crippen molar-refractivity contribution in [3.8, 4) is 0 Å². The van der Waals surface area contributed by atoms with Gasteiger partial charge < -0.3 is 0 Å². The third-order valence-electron chi connectivity index (χ3n) is 2.67. The third kappa shape index (κ3) is 1.46. The molecule has 0 unspecified atom stereocenters. The topological polar surface area (TPSA) is 17.1 Å². The fraction of sp³-hybridized carbons (Fsp3) is 0. The summed E-state index contributed by atoms with van der Waals surface area (Å²) in [6.07, 6.45) is 5.08. The van der Waals surface area contributed by atoms with Crippen LogP contribution in [-0.4, -0.2) is 6.29 Å². The molecule has 1 radical (unpaired) electrons. The van der Waals surface area contributed by atoms with E-state index < -0.39 is 0 Å². The average Bonchev–Trinajstić information content (AvgIpc) is 3.11. The van der Waals surface area contributed by atoms with Crippen LogP contribution in [0, 0.1) is 6.42 Å². The molecule has 0 spiro atoms. The normalized spacial score (nSPS) is 13.7. The van der Waals surface area contributed by atoms with Crippen molar-refractivity contribution in [1.29, 1.82) is 0 Å². The minimum absolute atomic E-state index is 0. The van der Waals surface area contributed by atoms with Crippen LogP contribution >= 0.6 is 0 Å². The number of rotatable bonds is 2. The first-order valence-electron chi connectivity index (χ1n) is 4.91. The van der Waals surface area contributed by atoms with Crippen molar-refractivity contribution in [2.45, 2.75) is 0 Å². The highest BCUT2D eigenvalue weighted by Gasteiger charge is 2.10. The minimum Gasteiger partial charge on any atom is -0.298 e. The number of hydrogen-bond acceptors (Lipinski definition) is 1. The lowest BCUT2D eigenvalue weighted by molar-refractivity contribution is 0.112. The number of allylic oxidation sites excluding steroid dienone is 2. The molecule has 1 aliphatic rings. The lowest BCUT2D eigenvalue weighted by atomic mass is 10.0. The van der Waals surface area contributed by atoms with Gasteiger partial charge in [0, 0.05) is 13.4 Å². The van der Waals surface area contributed by atoms with Gasteiger partial charge in [0.2, 0.25) is 0 Å². The van der Waals surface area contributed by atoms with Gasteiger partial charge in [0.05, 0.1) is 0 Å². The summed E-state index contributed by atoms with van der Waals surface area (Å²) in [5.41, 5.74) is 3.28. The molecule has 0 fully saturated rings. The van der Waals surface area contributed by atoms with Gasteiger partial charge in [0.1, 0.15) is 6.29 Å². The van der Waals surface area contributed by atoms with Gasteiger partial charge in [-0.2, -0.15) is 0 Å². The van der Waals surface area contributed by atoms with Crippen LogP contribution in [0.4, 0.5) is 0 Å². The van der Waals surface area contributed by atoms with E-state index in [0.29, 0.717) is 0 Å². The highest BCUT2D eigenvalue weighted by Crippen LogP contribution is 2.31. The van der Waals surface area contributed by atoms with Gasteiger partial charge in [-0.15, -0.1) is 0 Å². The third-order valence-corrected chi connectivity index (χ3v) is 2.67. The van der Waals surface area contributed by atoms with Crippen LogP contribution in [0.15, 0.2) is 42.5 Å². The summed E-state index contributed by atoms with van der Waals surface area (Å²) in [5, 5.41) is 2.30. The summed E-state index contributed by atoms with van der Waals surface area (Å²) in [6.45, 7) is 0. The van der Waals surface area contributed by atoms with E-state index in [4.69, 9.17) is 0 Å². The predicted octanol–water partition coefficient (Wildman–Crippen LogP) is 3.50. The number of hydrogen-bond donors (Lipinski definition) is 0. The molecular weight excluding hydrogens is 184 g/mol. The number of carbonyl (C=O) groups excluding carboxylic acids is 1. The first kappa shape index (κ1) is 8.42. The molecule has 0 saturated carbocycles. The Morgan fingerprint density at radius 1 is 1.00 bits per heavy atom. The van der Waals surface area contributed by atoms with Gasteiger partial charge in [0.25, 0.3) is 0 Å². The number of carbonyl (C=O) groups is 1. The van der Waals surface area contributed by atoms with Crippen LogP contribution in [0.1, 0.15) is 17.3 Å². The van der Waals surface area contributed by atoms with E-state index >= 15 is 0 Å². The molecule has 0 aliphatic heterocycles. The van der Waals surface area contributed by atoms with Crippen LogP contribution in [0.25, 0.3) is 16.3 Å². The zero-order chi connectivity index (χ0) is 10.3. The molecule has 3 rings (SSSR count). The van der Waals surface area contributed by atoms with Crippen molar-refractivity contribution >= 4 is 22.6 Å². The Morgan fingerprint density at radius 3 is 2.47 bits per heavy atom. The molecule has 1 aliphatic carbocycles. The van der Waals surface area contributed by atoms with Gasteiger partial charge in [-0.05, 0) is 34.0 Å². The van der Waals surface area contributed by atoms with Gasteiger partial charge >= 0.3 is 0 Å². The Hall–Kier alpha value is -1.89. The van der Waals surface area contributed by atoms with Crippen molar-refractivity contribution in [3.05, 3.63) is 60.0 Å². The molecule has 0 saturated heterocycles. The van der Waals surface area contributed by atoms with Crippen LogP contribution in [0.2, 0.25) is 0 Å². The first-order valence-corrected chi connectivity index (χ1v) is 4.91. The van der Waals surface area contributed by atoms with Crippen molar-refractivity contribution in [2.24, 2.45) is 0 Å². The lowest BCUT2D eigenvalue weighted by Gasteiger charge is -2.01. The molecule has 0 atom stereocenters. The summed E-state index contributed by atoms with van der Waals surface area (Å²) in [7, 11) is 0. The van der Waals surface area contributed by atoms with Crippen molar-refractivity contribution in [1.82, 2.24) is 0 Å². The highest BCUT2D eigenvalue weighted by molar-refractivity contribution is 5.94. The van der Waals surface area contributed by atoms with E-state index in [1.54, 1.807) is 0 Å². The molecule has 0 N–H and O–H groups in total. The SMILES string of the molecule is O=Cc1ccc2cc(C3=C[CH]3)ccc2c1.[HH]. The van der Waals surface area contributed by atoms with Crippen LogP contribution in [-0.2, 0) is 0 Å². The van der Waals surface area contributed by atoms with E-state index in [-0.39, 0.29) is 1.43 Å². The molecular formula is C14H11O. The van der Waals surface area contributed by atoms with Gasteiger partial charge in [-0.25, -0.2) is 0 Å². The van der Waals surface area contributed by atoms with E-state index in [2.05, 4.69) is 30.7 Å². The fourth-order valence-electron chi connectivity index (χ4n) is 1.75. The van der Waals surface area contributed by atoms with Crippen molar-refractivity contribution in [2.75, 3.05) is 0 Å². The second kappa shape index (κ2) is 3.06. The molecule has 2 aromatic carbocycles. The monoisotopic (exact) mass is 195 g/mol. The zero-order valence-corrected chi connectivity index (χ0v) is 8.10. The van der Waals surface area contributed by atoms with Crippen molar-refractivity contribution in [3.63, 3.8) is 0 Å². The quantitative estimate of drug-likeness (QED) is 0.670. The second-order valence-corrected chi connectivity index (χ2v) is 3.73. The van der Waals surface area contributed by atoms with Gasteiger partial charge in [-0.3, -0.25) is 4.79 Å². The maximum Gasteiger partial charge on any atom is 0.150 e. The Balaban J connectivity index is 0.000000963. The number of benzene rings is 2. The molecule has 0 heterocycles. The number of aldehydes is 1. The van der Waals surface area contributed by atoms with E-state index in [9.17, 15) is 4.79 Å².